The zero-order valence-electron chi connectivity index (χ0n) is 13.2. The number of unbranched alkanes of at least 4 members (excludes halogenated alkanes) is 3. The van der Waals surface area contributed by atoms with Crippen LogP contribution in [-0.2, 0) is 4.74 Å². The van der Waals surface area contributed by atoms with Crippen molar-refractivity contribution in [1.82, 2.24) is 5.32 Å². The van der Waals surface area contributed by atoms with E-state index < -0.39 is 0 Å². The molecule has 0 radical (unpaired) electrons. The van der Waals surface area contributed by atoms with Crippen LogP contribution in [0.4, 0.5) is 0 Å². The predicted octanol–water partition coefficient (Wildman–Crippen LogP) is 3.94. The molecular formula is C17H29NO2. The Bertz CT molecular complexity index is 337. The lowest BCUT2D eigenvalue weighted by atomic mass is 10.1. The van der Waals surface area contributed by atoms with Crippen molar-refractivity contribution in [3.8, 4) is 5.75 Å². The highest BCUT2D eigenvalue weighted by Crippen LogP contribution is 2.20. The predicted molar refractivity (Wildman–Crippen MR) is 84.4 cm³/mol. The minimum absolute atomic E-state index is 0.127. The summed E-state index contributed by atoms with van der Waals surface area (Å²) in [6.45, 7) is 7.00. The minimum Gasteiger partial charge on any atom is -0.497 e. The van der Waals surface area contributed by atoms with Gasteiger partial charge in [0.05, 0.1) is 13.2 Å². The third kappa shape index (κ3) is 6.40. The van der Waals surface area contributed by atoms with Gasteiger partial charge in [0, 0.05) is 13.2 Å². The van der Waals surface area contributed by atoms with Crippen LogP contribution in [0.15, 0.2) is 24.3 Å². The van der Waals surface area contributed by atoms with Gasteiger partial charge in [0.15, 0.2) is 0 Å². The molecule has 0 heterocycles. The standard InChI is InChI=1S/C17H29NO2/c1-4-6-7-8-13-20-17(14-18-5-2)15-9-11-16(19-3)12-10-15/h9-12,17-18H,4-8,13-14H2,1-3H3. The van der Waals surface area contributed by atoms with E-state index in [-0.39, 0.29) is 6.10 Å². The Morgan fingerprint density at radius 3 is 2.40 bits per heavy atom. The maximum Gasteiger partial charge on any atom is 0.118 e. The summed E-state index contributed by atoms with van der Waals surface area (Å²) >= 11 is 0. The highest BCUT2D eigenvalue weighted by molar-refractivity contribution is 5.28. The SMILES string of the molecule is CCCCCCOC(CNCC)c1ccc(OC)cc1. The summed E-state index contributed by atoms with van der Waals surface area (Å²) in [6.07, 6.45) is 5.09. The largest absolute Gasteiger partial charge is 0.497 e. The number of rotatable bonds is 11. The van der Waals surface area contributed by atoms with E-state index in [1.807, 2.05) is 12.1 Å². The fourth-order valence-corrected chi connectivity index (χ4v) is 2.12. The molecule has 0 saturated carbocycles. The van der Waals surface area contributed by atoms with E-state index in [0.717, 1.165) is 31.9 Å². The molecule has 0 aromatic heterocycles. The molecule has 0 saturated heterocycles. The minimum atomic E-state index is 0.127. The molecule has 3 heteroatoms. The number of likely N-dealkylation sites (N-methyl/N-ethyl adjacent to an activating group) is 1. The van der Waals surface area contributed by atoms with Crippen LogP contribution < -0.4 is 10.1 Å². The summed E-state index contributed by atoms with van der Waals surface area (Å²) in [4.78, 5) is 0. The summed E-state index contributed by atoms with van der Waals surface area (Å²) in [5.74, 6) is 0.888. The monoisotopic (exact) mass is 279 g/mol. The van der Waals surface area contributed by atoms with Crippen LogP contribution in [0, 0.1) is 0 Å². The molecule has 0 fully saturated rings. The maximum absolute atomic E-state index is 6.05. The van der Waals surface area contributed by atoms with Gasteiger partial charge in [0.2, 0.25) is 0 Å². The second-order valence-corrected chi connectivity index (χ2v) is 5.00. The summed E-state index contributed by atoms with van der Waals surface area (Å²) < 4.78 is 11.2. The van der Waals surface area contributed by atoms with E-state index in [1.165, 1.54) is 24.8 Å². The first-order valence-corrected chi connectivity index (χ1v) is 7.78. The summed E-state index contributed by atoms with van der Waals surface area (Å²) in [7, 11) is 1.69. The highest BCUT2D eigenvalue weighted by atomic mass is 16.5. The van der Waals surface area contributed by atoms with Gasteiger partial charge in [-0.25, -0.2) is 0 Å². The first-order valence-electron chi connectivity index (χ1n) is 7.78. The molecule has 1 unspecified atom stereocenters. The van der Waals surface area contributed by atoms with Gasteiger partial charge in [-0.05, 0) is 30.7 Å². The van der Waals surface area contributed by atoms with Gasteiger partial charge >= 0.3 is 0 Å². The van der Waals surface area contributed by atoms with Crippen molar-refractivity contribution >= 4 is 0 Å². The molecule has 0 amide bonds. The average Bonchev–Trinajstić information content (AvgIpc) is 2.50. The van der Waals surface area contributed by atoms with Crippen LogP contribution in [0.3, 0.4) is 0 Å². The topological polar surface area (TPSA) is 30.5 Å². The Morgan fingerprint density at radius 2 is 1.80 bits per heavy atom. The lowest BCUT2D eigenvalue weighted by molar-refractivity contribution is 0.0502. The van der Waals surface area contributed by atoms with Crippen LogP contribution in [-0.4, -0.2) is 26.8 Å². The van der Waals surface area contributed by atoms with E-state index in [1.54, 1.807) is 7.11 Å². The van der Waals surface area contributed by atoms with Crippen molar-refractivity contribution in [3.05, 3.63) is 29.8 Å². The Kier molecular flexibility index (Phi) is 9.09. The third-order valence-electron chi connectivity index (χ3n) is 3.38. The summed E-state index contributed by atoms with van der Waals surface area (Å²) in [5, 5.41) is 3.37. The van der Waals surface area contributed by atoms with Crippen molar-refractivity contribution in [3.63, 3.8) is 0 Å². The molecule has 1 atom stereocenters. The van der Waals surface area contributed by atoms with Crippen molar-refractivity contribution in [1.29, 1.82) is 0 Å². The molecule has 1 aromatic carbocycles. The van der Waals surface area contributed by atoms with Crippen molar-refractivity contribution in [2.24, 2.45) is 0 Å². The van der Waals surface area contributed by atoms with Gasteiger partial charge in [-0.15, -0.1) is 0 Å². The molecule has 1 N–H and O–H groups in total. The number of benzene rings is 1. The van der Waals surface area contributed by atoms with Crippen LogP contribution in [0.5, 0.6) is 5.75 Å². The Hall–Kier alpha value is -1.06. The van der Waals surface area contributed by atoms with Crippen LogP contribution >= 0.6 is 0 Å². The van der Waals surface area contributed by atoms with Gasteiger partial charge in [-0.1, -0.05) is 45.2 Å². The fraction of sp³-hybridized carbons (Fsp3) is 0.647. The molecular weight excluding hydrogens is 250 g/mol. The van der Waals surface area contributed by atoms with Gasteiger partial charge in [-0.3, -0.25) is 0 Å². The molecule has 0 bridgehead atoms. The molecule has 0 aliphatic rings. The zero-order chi connectivity index (χ0) is 14.6. The third-order valence-corrected chi connectivity index (χ3v) is 3.38. The number of hydrogen-bond acceptors (Lipinski definition) is 3. The molecule has 0 spiro atoms. The molecule has 0 aliphatic carbocycles. The van der Waals surface area contributed by atoms with E-state index >= 15 is 0 Å². The first kappa shape index (κ1) is 17.0. The maximum atomic E-state index is 6.05. The lowest BCUT2D eigenvalue weighted by Gasteiger charge is -2.19. The second kappa shape index (κ2) is 10.7. The normalized spacial score (nSPS) is 12.3. The smallest absolute Gasteiger partial charge is 0.118 e. The second-order valence-electron chi connectivity index (χ2n) is 5.00. The Morgan fingerprint density at radius 1 is 1.05 bits per heavy atom. The van der Waals surface area contributed by atoms with Crippen LogP contribution in [0.25, 0.3) is 0 Å². The number of nitrogens with one attached hydrogen (secondary N) is 1. The van der Waals surface area contributed by atoms with Gasteiger partial charge in [-0.2, -0.15) is 0 Å². The van der Waals surface area contributed by atoms with E-state index in [9.17, 15) is 0 Å². The molecule has 20 heavy (non-hydrogen) atoms. The quantitative estimate of drug-likeness (QED) is 0.622. The number of hydrogen-bond donors (Lipinski definition) is 1. The van der Waals surface area contributed by atoms with Crippen molar-refractivity contribution in [2.75, 3.05) is 26.8 Å². The van der Waals surface area contributed by atoms with Gasteiger partial charge in [0.25, 0.3) is 0 Å². The summed E-state index contributed by atoms with van der Waals surface area (Å²) in [6, 6.07) is 8.17. The number of methoxy groups -OCH3 is 1. The fourth-order valence-electron chi connectivity index (χ4n) is 2.12. The van der Waals surface area contributed by atoms with Crippen molar-refractivity contribution < 1.29 is 9.47 Å². The highest BCUT2D eigenvalue weighted by Gasteiger charge is 2.11. The average molecular weight is 279 g/mol. The summed E-state index contributed by atoms with van der Waals surface area (Å²) in [5.41, 5.74) is 1.21. The molecule has 1 aromatic rings. The van der Waals surface area contributed by atoms with Gasteiger partial charge < -0.3 is 14.8 Å². The molecule has 114 valence electrons. The molecule has 3 nitrogen and oxygen atoms in total. The molecule has 0 aliphatic heterocycles. The first-order chi connectivity index (χ1) is 9.81. The Labute approximate surface area is 123 Å². The van der Waals surface area contributed by atoms with E-state index in [4.69, 9.17) is 9.47 Å². The van der Waals surface area contributed by atoms with Gasteiger partial charge in [0.1, 0.15) is 5.75 Å². The lowest BCUT2D eigenvalue weighted by Crippen LogP contribution is -2.23. The van der Waals surface area contributed by atoms with Crippen LogP contribution in [0.1, 0.15) is 51.2 Å². The van der Waals surface area contributed by atoms with Crippen LogP contribution in [0.2, 0.25) is 0 Å². The zero-order valence-corrected chi connectivity index (χ0v) is 13.2. The molecule has 1 rings (SSSR count). The van der Waals surface area contributed by atoms with E-state index in [0.29, 0.717) is 0 Å². The number of ether oxygens (including phenoxy) is 2. The van der Waals surface area contributed by atoms with E-state index in [2.05, 4.69) is 31.3 Å². The Balaban J connectivity index is 2.48. The van der Waals surface area contributed by atoms with Crippen molar-refractivity contribution in [2.45, 2.75) is 45.6 Å².